The van der Waals surface area contributed by atoms with Crippen LogP contribution >= 0.6 is 0 Å². The number of anilines is 1. The van der Waals surface area contributed by atoms with Gasteiger partial charge in [0.2, 0.25) is 0 Å². The predicted molar refractivity (Wildman–Crippen MR) is 109 cm³/mol. The maximum Gasteiger partial charge on any atom is 0.251 e. The Labute approximate surface area is 157 Å². The fourth-order valence-electron chi connectivity index (χ4n) is 3.49. The molecule has 1 atom stereocenters. The third-order valence-electron chi connectivity index (χ3n) is 5.66. The van der Waals surface area contributed by atoms with E-state index < -0.39 is 0 Å². The lowest BCUT2D eigenvalue weighted by molar-refractivity contribution is 0.0940. The molecule has 0 spiro atoms. The second-order valence-corrected chi connectivity index (χ2v) is 7.76. The zero-order valence-electron chi connectivity index (χ0n) is 16.4. The molecule has 1 N–H and O–H groups in total. The molecule has 3 heteroatoms. The maximum atomic E-state index is 12.5. The summed E-state index contributed by atoms with van der Waals surface area (Å²) in [6.45, 7) is 10.7. The molecule has 0 radical (unpaired) electrons. The van der Waals surface area contributed by atoms with Crippen LogP contribution in [0.1, 0.15) is 59.8 Å². The molecule has 138 valence electrons. The van der Waals surface area contributed by atoms with Crippen LogP contribution in [0.15, 0.2) is 42.5 Å². The second-order valence-electron chi connectivity index (χ2n) is 7.76. The summed E-state index contributed by atoms with van der Waals surface area (Å²) in [7, 11) is 0. The fourth-order valence-corrected chi connectivity index (χ4v) is 3.49. The van der Waals surface area contributed by atoms with Gasteiger partial charge in [-0.15, -0.1) is 0 Å². The predicted octanol–water partition coefficient (Wildman–Crippen LogP) is 5.03. The molecular formula is C23H30N2O. The molecule has 1 unspecified atom stereocenters. The summed E-state index contributed by atoms with van der Waals surface area (Å²) >= 11 is 0. The van der Waals surface area contributed by atoms with E-state index in [4.69, 9.17) is 0 Å². The van der Waals surface area contributed by atoms with Crippen LogP contribution < -0.4 is 10.2 Å². The van der Waals surface area contributed by atoms with Gasteiger partial charge >= 0.3 is 0 Å². The Hall–Kier alpha value is -2.29. The first-order chi connectivity index (χ1) is 12.4. The molecule has 1 saturated heterocycles. The van der Waals surface area contributed by atoms with Gasteiger partial charge in [0.15, 0.2) is 0 Å². The monoisotopic (exact) mass is 350 g/mol. The highest BCUT2D eigenvalue weighted by Crippen LogP contribution is 2.24. The molecule has 1 aliphatic heterocycles. The van der Waals surface area contributed by atoms with Crippen molar-refractivity contribution in [1.82, 2.24) is 5.32 Å². The van der Waals surface area contributed by atoms with E-state index >= 15 is 0 Å². The molecule has 0 bridgehead atoms. The highest BCUT2D eigenvalue weighted by atomic mass is 16.1. The van der Waals surface area contributed by atoms with Crippen molar-refractivity contribution in [2.45, 2.75) is 46.6 Å². The van der Waals surface area contributed by atoms with Gasteiger partial charge in [-0.1, -0.05) is 25.1 Å². The smallest absolute Gasteiger partial charge is 0.251 e. The molecule has 0 aliphatic carbocycles. The van der Waals surface area contributed by atoms with Gasteiger partial charge in [-0.3, -0.25) is 4.79 Å². The summed E-state index contributed by atoms with van der Waals surface area (Å²) in [4.78, 5) is 15.0. The van der Waals surface area contributed by atoms with Gasteiger partial charge in [-0.2, -0.15) is 0 Å². The molecule has 26 heavy (non-hydrogen) atoms. The summed E-state index contributed by atoms with van der Waals surface area (Å²) < 4.78 is 0. The Balaban J connectivity index is 1.63. The standard InChI is InChI=1S/C23H30N2O/c1-16-11-13-25(14-12-16)22-9-7-20(8-10-22)19(4)24-23(26)21-6-5-17(2)18(3)15-21/h5-10,15-16,19H,11-14H2,1-4H3,(H,24,26). The van der Waals surface area contributed by atoms with E-state index in [0.29, 0.717) is 0 Å². The third-order valence-corrected chi connectivity index (χ3v) is 5.66. The van der Waals surface area contributed by atoms with Crippen LogP contribution in [0.3, 0.4) is 0 Å². The number of amides is 1. The Kier molecular flexibility index (Phi) is 5.65. The van der Waals surface area contributed by atoms with Crippen molar-refractivity contribution in [3.63, 3.8) is 0 Å². The number of aryl methyl sites for hydroxylation is 2. The van der Waals surface area contributed by atoms with Crippen molar-refractivity contribution in [2.24, 2.45) is 5.92 Å². The molecule has 1 amide bonds. The Bertz CT molecular complexity index is 758. The van der Waals surface area contributed by atoms with Crippen LogP contribution in [0, 0.1) is 19.8 Å². The molecule has 1 heterocycles. The van der Waals surface area contributed by atoms with Crippen molar-refractivity contribution in [3.05, 3.63) is 64.7 Å². The molecule has 2 aromatic carbocycles. The van der Waals surface area contributed by atoms with E-state index in [9.17, 15) is 4.79 Å². The number of hydrogen-bond acceptors (Lipinski definition) is 2. The van der Waals surface area contributed by atoms with Crippen molar-refractivity contribution in [1.29, 1.82) is 0 Å². The number of piperidine rings is 1. The van der Waals surface area contributed by atoms with E-state index in [1.165, 1.54) is 24.1 Å². The number of rotatable bonds is 4. The lowest BCUT2D eigenvalue weighted by atomic mass is 9.98. The Morgan fingerprint density at radius 2 is 1.69 bits per heavy atom. The summed E-state index contributed by atoms with van der Waals surface area (Å²) in [5, 5.41) is 3.11. The first-order valence-electron chi connectivity index (χ1n) is 9.67. The van der Waals surface area contributed by atoms with E-state index in [1.807, 2.05) is 32.0 Å². The number of nitrogens with one attached hydrogen (secondary N) is 1. The maximum absolute atomic E-state index is 12.5. The van der Waals surface area contributed by atoms with E-state index in [2.05, 4.69) is 48.3 Å². The van der Waals surface area contributed by atoms with Gasteiger partial charge < -0.3 is 10.2 Å². The number of hydrogen-bond donors (Lipinski definition) is 1. The minimum absolute atomic E-state index is 0.0143. The largest absolute Gasteiger partial charge is 0.372 e. The Morgan fingerprint density at radius 3 is 2.31 bits per heavy atom. The molecule has 3 rings (SSSR count). The van der Waals surface area contributed by atoms with E-state index in [-0.39, 0.29) is 11.9 Å². The fraction of sp³-hybridized carbons (Fsp3) is 0.435. The van der Waals surface area contributed by atoms with Crippen LogP contribution in [0.25, 0.3) is 0 Å². The molecular weight excluding hydrogens is 320 g/mol. The topological polar surface area (TPSA) is 32.3 Å². The highest BCUT2D eigenvalue weighted by Gasteiger charge is 2.17. The lowest BCUT2D eigenvalue weighted by Crippen LogP contribution is -2.32. The number of carbonyl (C=O) groups excluding carboxylic acids is 1. The molecule has 1 fully saturated rings. The average molecular weight is 351 g/mol. The van der Waals surface area contributed by atoms with Gasteiger partial charge in [0.1, 0.15) is 0 Å². The van der Waals surface area contributed by atoms with Crippen molar-refractivity contribution in [3.8, 4) is 0 Å². The highest BCUT2D eigenvalue weighted by molar-refractivity contribution is 5.94. The zero-order valence-corrected chi connectivity index (χ0v) is 16.4. The first-order valence-corrected chi connectivity index (χ1v) is 9.67. The number of carbonyl (C=O) groups is 1. The quantitative estimate of drug-likeness (QED) is 0.839. The first kappa shape index (κ1) is 18.5. The van der Waals surface area contributed by atoms with Crippen molar-refractivity contribution >= 4 is 11.6 Å². The van der Waals surface area contributed by atoms with Crippen LogP contribution in [-0.2, 0) is 0 Å². The van der Waals surface area contributed by atoms with E-state index in [1.54, 1.807) is 0 Å². The third kappa shape index (κ3) is 4.27. The van der Waals surface area contributed by atoms with Gasteiger partial charge in [0.25, 0.3) is 5.91 Å². The minimum Gasteiger partial charge on any atom is -0.372 e. The molecule has 3 nitrogen and oxygen atoms in total. The van der Waals surface area contributed by atoms with Crippen LogP contribution in [0.5, 0.6) is 0 Å². The van der Waals surface area contributed by atoms with E-state index in [0.717, 1.165) is 35.7 Å². The Morgan fingerprint density at radius 1 is 1.04 bits per heavy atom. The average Bonchev–Trinajstić information content (AvgIpc) is 2.64. The van der Waals surface area contributed by atoms with Gasteiger partial charge in [-0.25, -0.2) is 0 Å². The number of benzene rings is 2. The van der Waals surface area contributed by atoms with Gasteiger partial charge in [-0.05, 0) is 80.5 Å². The SMILES string of the molecule is Cc1ccc(C(=O)NC(C)c2ccc(N3CCC(C)CC3)cc2)cc1C. The summed E-state index contributed by atoms with van der Waals surface area (Å²) in [5.74, 6) is 0.820. The summed E-state index contributed by atoms with van der Waals surface area (Å²) in [6.07, 6.45) is 2.54. The van der Waals surface area contributed by atoms with Crippen molar-refractivity contribution in [2.75, 3.05) is 18.0 Å². The van der Waals surface area contributed by atoms with Crippen LogP contribution in [0.4, 0.5) is 5.69 Å². The number of nitrogens with zero attached hydrogens (tertiary/aromatic N) is 1. The van der Waals surface area contributed by atoms with Crippen LogP contribution in [-0.4, -0.2) is 19.0 Å². The normalized spacial score (nSPS) is 16.4. The second kappa shape index (κ2) is 7.94. The molecule has 2 aromatic rings. The summed E-state index contributed by atoms with van der Waals surface area (Å²) in [6, 6.07) is 14.5. The lowest BCUT2D eigenvalue weighted by Gasteiger charge is -2.32. The minimum atomic E-state index is -0.0188. The zero-order chi connectivity index (χ0) is 18.7. The van der Waals surface area contributed by atoms with Gasteiger partial charge in [0, 0.05) is 24.3 Å². The van der Waals surface area contributed by atoms with Gasteiger partial charge in [0.05, 0.1) is 6.04 Å². The summed E-state index contributed by atoms with van der Waals surface area (Å²) in [5.41, 5.74) is 5.49. The van der Waals surface area contributed by atoms with Crippen LogP contribution in [0.2, 0.25) is 0 Å². The molecule has 0 saturated carbocycles. The molecule has 0 aromatic heterocycles. The molecule has 1 aliphatic rings. The van der Waals surface area contributed by atoms with Crippen molar-refractivity contribution < 1.29 is 4.79 Å².